The summed E-state index contributed by atoms with van der Waals surface area (Å²) >= 11 is 12.7. The van der Waals surface area contributed by atoms with Crippen LogP contribution in [0.3, 0.4) is 0 Å². The number of carbonyl (C=O) groups excluding carboxylic acids is 2. The number of amides is 1. The Labute approximate surface area is 198 Å². The summed E-state index contributed by atoms with van der Waals surface area (Å²) < 4.78 is 16.2. The van der Waals surface area contributed by atoms with Crippen LogP contribution in [0.25, 0.3) is 17.4 Å². The molecule has 0 radical (unpaired) electrons. The second kappa shape index (κ2) is 9.20. The molecule has 0 atom stereocenters. The molecule has 9 heteroatoms. The number of thiocarbonyl (C=S) groups is 1. The summed E-state index contributed by atoms with van der Waals surface area (Å²) in [6.45, 7) is 0. The molecule has 1 aliphatic heterocycles. The smallest absolute Gasteiger partial charge is 0.339 e. The summed E-state index contributed by atoms with van der Waals surface area (Å²) in [6.07, 6.45) is 1.64. The fraction of sp³-hybridized carbons (Fsp3) is 0.0870. The summed E-state index contributed by atoms with van der Waals surface area (Å²) in [5.41, 5.74) is 1.55. The number of esters is 1. The van der Waals surface area contributed by atoms with Crippen molar-refractivity contribution in [2.24, 2.45) is 0 Å². The first-order valence-electron chi connectivity index (χ1n) is 9.31. The van der Waals surface area contributed by atoms with E-state index < -0.39 is 5.97 Å². The fourth-order valence-electron chi connectivity index (χ4n) is 3.08. The first-order valence-corrected chi connectivity index (χ1v) is 10.9. The Morgan fingerprint density at radius 2 is 1.88 bits per heavy atom. The average molecular weight is 486 g/mol. The molecule has 32 heavy (non-hydrogen) atoms. The number of ether oxygens (including phenoxy) is 2. The maximum atomic E-state index is 13.0. The molecule has 1 fully saturated rings. The number of rotatable bonds is 5. The van der Waals surface area contributed by atoms with Gasteiger partial charge in [0.05, 0.1) is 35.4 Å². The molecule has 0 unspecified atom stereocenters. The lowest BCUT2D eigenvalue weighted by Crippen LogP contribution is -2.27. The highest BCUT2D eigenvalue weighted by molar-refractivity contribution is 8.27. The van der Waals surface area contributed by atoms with E-state index in [1.807, 2.05) is 0 Å². The van der Waals surface area contributed by atoms with E-state index in [9.17, 15) is 9.59 Å². The maximum Gasteiger partial charge on any atom is 0.339 e. The number of hydrogen-bond acceptors (Lipinski definition) is 7. The number of furan rings is 1. The van der Waals surface area contributed by atoms with Crippen LogP contribution < -0.4 is 9.64 Å². The number of thioether (sulfide) groups is 1. The molecule has 3 aromatic rings. The number of methoxy groups -OCH3 is 2. The van der Waals surface area contributed by atoms with Crippen LogP contribution in [0.4, 0.5) is 5.69 Å². The number of halogens is 1. The van der Waals surface area contributed by atoms with E-state index in [0.717, 1.165) is 0 Å². The molecule has 2 aromatic carbocycles. The van der Waals surface area contributed by atoms with E-state index in [1.54, 1.807) is 67.8 Å². The van der Waals surface area contributed by atoms with Crippen LogP contribution in [-0.2, 0) is 9.53 Å². The van der Waals surface area contributed by atoms with Gasteiger partial charge in [-0.05, 0) is 54.6 Å². The van der Waals surface area contributed by atoms with Crippen molar-refractivity contribution in [1.82, 2.24) is 0 Å². The van der Waals surface area contributed by atoms with Crippen LogP contribution in [0.1, 0.15) is 16.1 Å². The number of hydrogen-bond donors (Lipinski definition) is 0. The molecular weight excluding hydrogens is 470 g/mol. The Bertz CT molecular complexity index is 1250. The van der Waals surface area contributed by atoms with Crippen molar-refractivity contribution in [3.05, 3.63) is 75.8 Å². The van der Waals surface area contributed by atoms with Gasteiger partial charge in [0.1, 0.15) is 17.3 Å². The minimum atomic E-state index is -0.536. The lowest BCUT2D eigenvalue weighted by atomic mass is 10.1. The lowest BCUT2D eigenvalue weighted by molar-refractivity contribution is -0.113. The number of benzene rings is 2. The lowest BCUT2D eigenvalue weighted by Gasteiger charge is -2.14. The minimum Gasteiger partial charge on any atom is -0.497 e. The summed E-state index contributed by atoms with van der Waals surface area (Å²) in [5, 5.41) is 0.287. The molecule has 0 N–H and O–H groups in total. The topological polar surface area (TPSA) is 69.0 Å². The van der Waals surface area contributed by atoms with Crippen molar-refractivity contribution in [2.75, 3.05) is 19.1 Å². The number of anilines is 1. The fourth-order valence-corrected chi connectivity index (χ4v) is 4.56. The maximum absolute atomic E-state index is 13.0. The van der Waals surface area contributed by atoms with Crippen LogP contribution in [0.2, 0.25) is 5.02 Å². The number of carbonyl (C=O) groups is 2. The van der Waals surface area contributed by atoms with E-state index >= 15 is 0 Å². The predicted molar refractivity (Wildman–Crippen MR) is 129 cm³/mol. The molecular formula is C23H16ClNO5S2. The molecule has 1 saturated heterocycles. The van der Waals surface area contributed by atoms with Crippen molar-refractivity contribution in [1.29, 1.82) is 0 Å². The molecule has 0 bridgehead atoms. The van der Waals surface area contributed by atoms with Crippen LogP contribution >= 0.6 is 35.6 Å². The first kappa shape index (κ1) is 22.1. The zero-order valence-electron chi connectivity index (χ0n) is 17.0. The quantitative estimate of drug-likeness (QED) is 0.257. The highest BCUT2D eigenvalue weighted by Crippen LogP contribution is 2.37. The Kier molecular flexibility index (Phi) is 6.36. The van der Waals surface area contributed by atoms with Crippen molar-refractivity contribution in [3.63, 3.8) is 0 Å². The van der Waals surface area contributed by atoms with E-state index in [-0.39, 0.29) is 16.5 Å². The van der Waals surface area contributed by atoms with Gasteiger partial charge in [-0.25, -0.2) is 4.79 Å². The van der Waals surface area contributed by atoms with Crippen LogP contribution in [-0.4, -0.2) is 30.4 Å². The van der Waals surface area contributed by atoms with Crippen molar-refractivity contribution in [3.8, 4) is 17.1 Å². The molecule has 162 valence electrons. The van der Waals surface area contributed by atoms with Crippen molar-refractivity contribution in [2.45, 2.75) is 0 Å². The Morgan fingerprint density at radius 1 is 1.12 bits per heavy atom. The number of nitrogens with zero attached hydrogens (tertiary/aromatic N) is 1. The highest BCUT2D eigenvalue weighted by atomic mass is 35.5. The molecule has 1 aliphatic rings. The molecule has 0 aliphatic carbocycles. The minimum absolute atomic E-state index is 0.234. The zero-order valence-corrected chi connectivity index (χ0v) is 19.3. The molecule has 4 rings (SSSR count). The first-order chi connectivity index (χ1) is 15.4. The van der Waals surface area contributed by atoms with Crippen molar-refractivity contribution < 1.29 is 23.5 Å². The Morgan fingerprint density at radius 3 is 2.56 bits per heavy atom. The molecule has 1 amide bonds. The summed E-state index contributed by atoms with van der Waals surface area (Å²) in [4.78, 5) is 26.8. The van der Waals surface area contributed by atoms with Gasteiger partial charge in [0.25, 0.3) is 5.91 Å². The van der Waals surface area contributed by atoms with Gasteiger partial charge in [0.2, 0.25) is 0 Å². The second-order valence-electron chi connectivity index (χ2n) is 6.60. The Balaban J connectivity index is 1.59. The molecule has 0 saturated carbocycles. The summed E-state index contributed by atoms with van der Waals surface area (Å²) in [6, 6.07) is 15.5. The molecule has 1 aromatic heterocycles. The van der Waals surface area contributed by atoms with Crippen molar-refractivity contribution >= 4 is 63.5 Å². The molecule has 0 spiro atoms. The van der Waals surface area contributed by atoms with Gasteiger partial charge in [-0.15, -0.1) is 0 Å². The predicted octanol–water partition coefficient (Wildman–Crippen LogP) is 5.80. The van der Waals surface area contributed by atoms with E-state index in [4.69, 9.17) is 37.7 Å². The molecule has 6 nitrogen and oxygen atoms in total. The highest BCUT2D eigenvalue weighted by Gasteiger charge is 2.33. The van der Waals surface area contributed by atoms with Gasteiger partial charge in [0.15, 0.2) is 4.32 Å². The SMILES string of the molecule is COC(=O)c1cc(-c2ccc(/C=C3\SC(=S)N(c4ccc(OC)cc4)C3=O)o2)ccc1Cl. The third-order valence-electron chi connectivity index (χ3n) is 4.68. The van der Waals surface area contributed by atoms with Crippen LogP contribution in [0.15, 0.2) is 63.9 Å². The van der Waals surface area contributed by atoms with Gasteiger partial charge in [-0.1, -0.05) is 35.6 Å². The second-order valence-corrected chi connectivity index (χ2v) is 8.69. The third-order valence-corrected chi connectivity index (χ3v) is 6.31. The van der Waals surface area contributed by atoms with E-state index in [2.05, 4.69) is 0 Å². The monoisotopic (exact) mass is 485 g/mol. The van der Waals surface area contributed by atoms with Gasteiger partial charge < -0.3 is 13.9 Å². The van der Waals surface area contributed by atoms with E-state index in [1.165, 1.54) is 23.8 Å². The normalized spacial score (nSPS) is 14.8. The standard InChI is InChI=1S/C23H16ClNO5S2/c1-28-15-6-4-14(5-7-15)25-21(26)20(32-23(25)31)12-16-8-10-19(30-16)13-3-9-18(24)17(11-13)22(27)29-2/h3-12H,1-2H3/b20-12-. The summed E-state index contributed by atoms with van der Waals surface area (Å²) in [5.74, 6) is 0.914. The third kappa shape index (κ3) is 4.29. The van der Waals surface area contributed by atoms with Crippen LogP contribution in [0, 0.1) is 0 Å². The summed E-state index contributed by atoms with van der Waals surface area (Å²) in [7, 11) is 2.87. The Hall–Kier alpha value is -3.07. The van der Waals surface area contributed by atoms with E-state index in [0.29, 0.717) is 37.7 Å². The van der Waals surface area contributed by atoms with Gasteiger partial charge in [-0.3, -0.25) is 9.69 Å². The van der Waals surface area contributed by atoms with Crippen LogP contribution in [0.5, 0.6) is 5.75 Å². The van der Waals surface area contributed by atoms with Gasteiger partial charge >= 0.3 is 5.97 Å². The van der Waals surface area contributed by atoms with Gasteiger partial charge in [0, 0.05) is 11.6 Å². The average Bonchev–Trinajstić information content (AvgIpc) is 3.38. The zero-order chi connectivity index (χ0) is 22.8. The van der Waals surface area contributed by atoms with Gasteiger partial charge in [-0.2, -0.15) is 0 Å². The molecule has 2 heterocycles. The largest absolute Gasteiger partial charge is 0.497 e.